The van der Waals surface area contributed by atoms with E-state index >= 15 is 0 Å². The van der Waals surface area contributed by atoms with E-state index in [1.54, 1.807) is 18.5 Å². The quantitative estimate of drug-likeness (QED) is 0.136. The molecule has 1 aliphatic heterocycles. The Labute approximate surface area is 269 Å². The van der Waals surface area contributed by atoms with Gasteiger partial charge in [-0.1, -0.05) is 66.4 Å². The molecule has 0 spiro atoms. The molecular weight excluding hydrogens is 609 g/mol. The molecule has 7 nitrogen and oxygen atoms in total. The summed E-state index contributed by atoms with van der Waals surface area (Å²) in [7, 11) is 0. The van der Waals surface area contributed by atoms with E-state index in [4.69, 9.17) is 9.97 Å². The molecular formula is C35H31F3N6OS. The van der Waals surface area contributed by atoms with Gasteiger partial charge in [-0.25, -0.2) is 9.97 Å². The van der Waals surface area contributed by atoms with E-state index in [-0.39, 0.29) is 5.91 Å². The molecule has 1 saturated heterocycles. The molecule has 5 aromatic rings. The maximum Gasteiger partial charge on any atom is 0.416 e. The zero-order valence-electron chi connectivity index (χ0n) is 24.8. The zero-order chi connectivity index (χ0) is 31.9. The number of aromatic nitrogens is 3. The monoisotopic (exact) mass is 640 g/mol. The average molecular weight is 641 g/mol. The van der Waals surface area contributed by atoms with Gasteiger partial charge in [0.2, 0.25) is 0 Å². The zero-order valence-corrected chi connectivity index (χ0v) is 25.6. The van der Waals surface area contributed by atoms with E-state index in [9.17, 15) is 18.0 Å². The number of halogens is 3. The molecule has 0 unspecified atom stereocenters. The van der Waals surface area contributed by atoms with Gasteiger partial charge in [-0.15, -0.1) is 0 Å². The van der Waals surface area contributed by atoms with Crippen LogP contribution < -0.4 is 15.1 Å². The van der Waals surface area contributed by atoms with Gasteiger partial charge in [0.25, 0.3) is 5.91 Å². The number of amides is 1. The van der Waals surface area contributed by atoms with Crippen molar-refractivity contribution >= 4 is 29.2 Å². The van der Waals surface area contributed by atoms with Crippen LogP contribution in [0.2, 0.25) is 0 Å². The summed E-state index contributed by atoms with van der Waals surface area (Å²) in [6.07, 6.45) is -0.959. The van der Waals surface area contributed by atoms with Crippen LogP contribution in [0.25, 0.3) is 11.3 Å². The largest absolute Gasteiger partial charge is 0.416 e. The van der Waals surface area contributed by atoms with Crippen LogP contribution in [0.4, 0.5) is 24.7 Å². The lowest BCUT2D eigenvalue weighted by Gasteiger charge is -2.37. The SMILES string of the molecule is O=C(NCc1cccnc1)c1ccc(CSc2nc(-c3ccccc3)cc(N3CCN(c4cccc(C(F)(F)F)c4)CC3)n2)cc1. The number of thioether (sulfide) groups is 1. The minimum absolute atomic E-state index is 0.153. The van der Waals surface area contributed by atoms with Crippen molar-refractivity contribution in [1.82, 2.24) is 20.3 Å². The van der Waals surface area contributed by atoms with Crippen molar-refractivity contribution < 1.29 is 18.0 Å². The number of nitrogens with zero attached hydrogens (tertiary/aromatic N) is 5. The Morgan fingerprint density at radius 2 is 1.57 bits per heavy atom. The van der Waals surface area contributed by atoms with Gasteiger partial charge < -0.3 is 15.1 Å². The van der Waals surface area contributed by atoms with Gasteiger partial charge in [-0.05, 0) is 47.5 Å². The summed E-state index contributed by atoms with van der Waals surface area (Å²) in [5, 5.41) is 3.54. The van der Waals surface area contributed by atoms with E-state index in [1.165, 1.54) is 23.9 Å². The van der Waals surface area contributed by atoms with Crippen molar-refractivity contribution in [2.24, 2.45) is 0 Å². The normalized spacial score (nSPS) is 13.5. The standard InChI is InChI=1S/C35H31F3N6OS/c36-35(37,38)29-9-4-10-30(20-29)43-16-18-44(19-17-43)32-21-31(27-7-2-1-3-8-27)41-34(42-32)46-24-25-11-13-28(14-12-25)33(45)40-23-26-6-5-15-39-22-26/h1-15,20-22H,16-19,23-24H2,(H,40,45). The van der Waals surface area contributed by atoms with E-state index in [0.717, 1.165) is 34.3 Å². The van der Waals surface area contributed by atoms with E-state index < -0.39 is 11.7 Å². The molecule has 3 heterocycles. The topological polar surface area (TPSA) is 74.2 Å². The summed E-state index contributed by atoms with van der Waals surface area (Å²) in [5.74, 6) is 1.24. The summed E-state index contributed by atoms with van der Waals surface area (Å²) in [6, 6.07) is 28.6. The van der Waals surface area contributed by atoms with Crippen LogP contribution in [0, 0.1) is 0 Å². The van der Waals surface area contributed by atoms with Crippen molar-refractivity contribution in [3.8, 4) is 11.3 Å². The molecule has 6 rings (SSSR count). The highest BCUT2D eigenvalue weighted by Gasteiger charge is 2.31. The third kappa shape index (κ3) is 7.84. The van der Waals surface area contributed by atoms with E-state index in [0.29, 0.717) is 54.9 Å². The van der Waals surface area contributed by atoms with Gasteiger partial charge in [0.1, 0.15) is 5.82 Å². The maximum absolute atomic E-state index is 13.3. The predicted octanol–water partition coefficient (Wildman–Crippen LogP) is 7.11. The van der Waals surface area contributed by atoms with Gasteiger partial charge in [0, 0.05) is 73.8 Å². The number of hydrogen-bond donors (Lipinski definition) is 1. The minimum Gasteiger partial charge on any atom is -0.368 e. The van der Waals surface area contributed by atoms with Gasteiger partial charge in [0.15, 0.2) is 5.16 Å². The number of carbonyl (C=O) groups is 1. The number of rotatable bonds is 9. The Balaban J connectivity index is 1.13. The first kappa shape index (κ1) is 31.1. The van der Waals surface area contributed by atoms with Crippen molar-refractivity contribution in [1.29, 1.82) is 0 Å². The molecule has 3 aromatic carbocycles. The number of benzene rings is 3. The molecule has 0 bridgehead atoms. The van der Waals surface area contributed by atoms with Crippen LogP contribution in [0.5, 0.6) is 0 Å². The van der Waals surface area contributed by atoms with E-state index in [1.807, 2.05) is 77.7 Å². The third-order valence-electron chi connectivity index (χ3n) is 7.66. The molecule has 11 heteroatoms. The van der Waals surface area contributed by atoms with Gasteiger partial charge in [0.05, 0.1) is 11.3 Å². The first-order chi connectivity index (χ1) is 22.3. The Morgan fingerprint density at radius 1 is 0.804 bits per heavy atom. The molecule has 0 radical (unpaired) electrons. The van der Waals surface area contributed by atoms with Crippen LogP contribution in [0.15, 0.2) is 115 Å². The number of anilines is 2. The molecule has 0 aliphatic carbocycles. The van der Waals surface area contributed by atoms with Crippen molar-refractivity contribution in [3.63, 3.8) is 0 Å². The predicted molar refractivity (Wildman–Crippen MR) is 175 cm³/mol. The summed E-state index contributed by atoms with van der Waals surface area (Å²) in [6.45, 7) is 2.75. The molecule has 0 atom stereocenters. The van der Waals surface area contributed by atoms with Crippen LogP contribution >= 0.6 is 11.8 Å². The summed E-state index contributed by atoms with van der Waals surface area (Å²) in [4.78, 5) is 30.5. The van der Waals surface area contributed by atoms with Crippen LogP contribution in [-0.4, -0.2) is 47.0 Å². The van der Waals surface area contributed by atoms with Crippen molar-refractivity contribution in [2.45, 2.75) is 23.6 Å². The van der Waals surface area contributed by atoms with Gasteiger partial charge in [-0.3, -0.25) is 9.78 Å². The lowest BCUT2D eigenvalue weighted by atomic mass is 10.1. The smallest absolute Gasteiger partial charge is 0.368 e. The highest BCUT2D eigenvalue weighted by Crippen LogP contribution is 2.33. The fourth-order valence-electron chi connectivity index (χ4n) is 5.16. The number of alkyl halides is 3. The van der Waals surface area contributed by atoms with Crippen molar-refractivity contribution in [3.05, 3.63) is 132 Å². The Hall–Kier alpha value is -4.90. The number of carbonyl (C=O) groups excluding carboxylic acids is 1. The molecule has 1 fully saturated rings. The van der Waals surface area contributed by atoms with Crippen LogP contribution in [0.1, 0.15) is 27.0 Å². The van der Waals surface area contributed by atoms with Crippen molar-refractivity contribution in [2.75, 3.05) is 36.0 Å². The molecule has 2 aromatic heterocycles. The van der Waals surface area contributed by atoms with Gasteiger partial charge >= 0.3 is 6.18 Å². The molecule has 1 N–H and O–H groups in total. The maximum atomic E-state index is 13.3. The third-order valence-corrected chi connectivity index (χ3v) is 8.58. The molecule has 234 valence electrons. The molecule has 46 heavy (non-hydrogen) atoms. The molecule has 1 aliphatic rings. The first-order valence-corrected chi connectivity index (χ1v) is 15.8. The Kier molecular flexibility index (Phi) is 9.49. The minimum atomic E-state index is -4.38. The van der Waals surface area contributed by atoms with Crippen LogP contribution in [0.3, 0.4) is 0 Å². The van der Waals surface area contributed by atoms with E-state index in [2.05, 4.69) is 15.2 Å². The Morgan fingerprint density at radius 3 is 2.28 bits per heavy atom. The Bertz CT molecular complexity index is 1760. The number of nitrogens with one attached hydrogen (secondary N) is 1. The number of pyridine rings is 1. The fraction of sp³-hybridized carbons (Fsp3) is 0.200. The average Bonchev–Trinajstić information content (AvgIpc) is 3.10. The first-order valence-electron chi connectivity index (χ1n) is 14.8. The fourth-order valence-corrected chi connectivity index (χ4v) is 5.97. The second kappa shape index (κ2) is 14.0. The lowest BCUT2D eigenvalue weighted by molar-refractivity contribution is -0.137. The highest BCUT2D eigenvalue weighted by molar-refractivity contribution is 7.98. The summed E-state index contributed by atoms with van der Waals surface area (Å²) < 4.78 is 39.8. The molecule has 0 saturated carbocycles. The number of hydrogen-bond acceptors (Lipinski definition) is 7. The second-order valence-electron chi connectivity index (χ2n) is 10.8. The van der Waals surface area contributed by atoms with Crippen LogP contribution in [-0.2, 0) is 18.5 Å². The molecule has 1 amide bonds. The lowest BCUT2D eigenvalue weighted by Crippen LogP contribution is -2.47. The summed E-state index contributed by atoms with van der Waals surface area (Å²) in [5.41, 5.74) is 4.22. The highest BCUT2D eigenvalue weighted by atomic mass is 32.2. The number of piperazine rings is 1. The second-order valence-corrected chi connectivity index (χ2v) is 11.8. The van der Waals surface area contributed by atoms with Gasteiger partial charge in [-0.2, -0.15) is 13.2 Å². The summed E-state index contributed by atoms with van der Waals surface area (Å²) >= 11 is 1.51.